The number of hydrogen-bond donors (Lipinski definition) is 6. The second kappa shape index (κ2) is 11.4. The Balaban J connectivity index is 1.40. The lowest BCUT2D eigenvalue weighted by atomic mass is 9.98. The molecule has 13 heteroatoms. The molecule has 2 aromatic carbocycles. The standard InChI is InChI=1S/C27H30O13/c1-35-14-4-2-13(3-5-14)17-10-36-18-8-15(6-7-16(18)20(17)30)38-25-23(22(32)21(31)19(9-28)39-25)40-26-24(33)27(34,11-29)12-37-26/h2-8,10,19,21-26,28-29,31-34H,9,11-12H2,1H3/t19-,21-,22+,23-,24+,25-,26-,27-/m1/s1. The van der Waals surface area contributed by atoms with E-state index in [1.165, 1.54) is 24.5 Å². The van der Waals surface area contributed by atoms with Gasteiger partial charge in [-0.1, -0.05) is 12.1 Å². The van der Waals surface area contributed by atoms with Gasteiger partial charge in [0.05, 0.1) is 37.9 Å². The van der Waals surface area contributed by atoms with Crippen molar-refractivity contribution >= 4 is 11.0 Å². The lowest BCUT2D eigenvalue weighted by molar-refractivity contribution is -0.318. The molecule has 0 saturated carbocycles. The highest BCUT2D eigenvalue weighted by atomic mass is 16.8. The Hall–Kier alpha value is -3.11. The summed E-state index contributed by atoms with van der Waals surface area (Å²) < 4.78 is 33.3. The van der Waals surface area contributed by atoms with Crippen molar-refractivity contribution in [2.45, 2.75) is 48.7 Å². The first kappa shape index (κ1) is 28.4. The van der Waals surface area contributed by atoms with Gasteiger partial charge in [0.25, 0.3) is 0 Å². The molecule has 3 aromatic rings. The van der Waals surface area contributed by atoms with Gasteiger partial charge in [-0.3, -0.25) is 4.79 Å². The Morgan fingerprint density at radius 2 is 1.73 bits per heavy atom. The summed E-state index contributed by atoms with van der Waals surface area (Å²) in [4.78, 5) is 13.2. The zero-order valence-electron chi connectivity index (χ0n) is 21.3. The summed E-state index contributed by atoms with van der Waals surface area (Å²) in [6.45, 7) is -1.91. The summed E-state index contributed by atoms with van der Waals surface area (Å²) in [7, 11) is 1.54. The van der Waals surface area contributed by atoms with Crippen LogP contribution in [0, 0.1) is 0 Å². The van der Waals surface area contributed by atoms with Gasteiger partial charge in [0.2, 0.25) is 6.29 Å². The van der Waals surface area contributed by atoms with Gasteiger partial charge in [-0.05, 0) is 29.8 Å². The number of rotatable bonds is 8. The largest absolute Gasteiger partial charge is 0.497 e. The molecule has 6 N–H and O–H groups in total. The second-order valence-corrected chi connectivity index (χ2v) is 9.68. The summed E-state index contributed by atoms with van der Waals surface area (Å²) in [5.41, 5.74) is -1.10. The first-order valence-corrected chi connectivity index (χ1v) is 12.5. The van der Waals surface area contributed by atoms with Crippen molar-refractivity contribution in [1.29, 1.82) is 0 Å². The summed E-state index contributed by atoms with van der Waals surface area (Å²) in [5, 5.41) is 61.0. The lowest BCUT2D eigenvalue weighted by Crippen LogP contribution is -2.62. The molecule has 2 aliphatic rings. The topological polar surface area (TPSA) is 198 Å². The van der Waals surface area contributed by atoms with E-state index in [1.807, 2.05) is 0 Å². The molecule has 0 bridgehead atoms. The van der Waals surface area contributed by atoms with Gasteiger partial charge in [-0.2, -0.15) is 0 Å². The van der Waals surface area contributed by atoms with Crippen LogP contribution in [0.15, 0.2) is 57.9 Å². The second-order valence-electron chi connectivity index (χ2n) is 9.68. The van der Waals surface area contributed by atoms with Crippen molar-refractivity contribution < 1.29 is 58.7 Å². The molecule has 5 rings (SSSR count). The fourth-order valence-corrected chi connectivity index (χ4v) is 4.65. The van der Waals surface area contributed by atoms with E-state index in [4.69, 9.17) is 28.1 Å². The number of ether oxygens (including phenoxy) is 5. The fraction of sp³-hybridized carbons (Fsp3) is 0.444. The van der Waals surface area contributed by atoms with Gasteiger partial charge < -0.3 is 58.7 Å². The van der Waals surface area contributed by atoms with E-state index in [1.54, 1.807) is 31.4 Å². The lowest BCUT2D eigenvalue weighted by Gasteiger charge is -2.42. The van der Waals surface area contributed by atoms with Gasteiger partial charge in [0, 0.05) is 6.07 Å². The third-order valence-corrected chi connectivity index (χ3v) is 7.09. The number of fused-ring (bicyclic) bond motifs is 1. The van der Waals surface area contributed by atoms with Crippen LogP contribution in [0.2, 0.25) is 0 Å². The molecular formula is C27H30O13. The van der Waals surface area contributed by atoms with Crippen LogP contribution in [0.4, 0.5) is 0 Å². The molecule has 40 heavy (non-hydrogen) atoms. The first-order chi connectivity index (χ1) is 19.2. The quantitative estimate of drug-likeness (QED) is 0.198. The smallest absolute Gasteiger partial charge is 0.229 e. The van der Waals surface area contributed by atoms with Crippen molar-refractivity contribution in [2.24, 2.45) is 0 Å². The summed E-state index contributed by atoms with van der Waals surface area (Å²) in [5.74, 6) is 0.772. The molecule has 0 aliphatic carbocycles. The van der Waals surface area contributed by atoms with Crippen LogP contribution >= 0.6 is 0 Å². The van der Waals surface area contributed by atoms with Crippen LogP contribution in [-0.2, 0) is 14.2 Å². The number of methoxy groups -OCH3 is 1. The van der Waals surface area contributed by atoms with Crippen LogP contribution < -0.4 is 14.9 Å². The van der Waals surface area contributed by atoms with Crippen LogP contribution in [0.1, 0.15) is 0 Å². The van der Waals surface area contributed by atoms with Crippen molar-refractivity contribution in [2.75, 3.05) is 26.9 Å². The van der Waals surface area contributed by atoms with Gasteiger partial charge in [-0.25, -0.2) is 0 Å². The number of aliphatic hydroxyl groups excluding tert-OH is 5. The first-order valence-electron chi connectivity index (χ1n) is 12.5. The molecule has 13 nitrogen and oxygen atoms in total. The third-order valence-electron chi connectivity index (χ3n) is 7.09. The molecule has 0 amide bonds. The normalized spacial score (nSPS) is 32.3. The van der Waals surface area contributed by atoms with Crippen molar-refractivity contribution in [1.82, 2.24) is 0 Å². The Morgan fingerprint density at radius 3 is 2.38 bits per heavy atom. The van der Waals surface area contributed by atoms with Gasteiger partial charge in [-0.15, -0.1) is 0 Å². The summed E-state index contributed by atoms with van der Waals surface area (Å²) in [6, 6.07) is 11.3. The van der Waals surface area contributed by atoms with E-state index in [2.05, 4.69) is 0 Å². The molecule has 2 fully saturated rings. The maximum atomic E-state index is 13.2. The van der Waals surface area contributed by atoms with Gasteiger partial charge in [0.1, 0.15) is 53.4 Å². The number of benzene rings is 2. The maximum absolute atomic E-state index is 13.2. The highest BCUT2D eigenvalue weighted by molar-refractivity contribution is 5.82. The molecule has 0 radical (unpaired) electrons. The van der Waals surface area contributed by atoms with E-state index in [-0.39, 0.29) is 22.1 Å². The highest BCUT2D eigenvalue weighted by Crippen LogP contribution is 2.33. The third kappa shape index (κ3) is 5.19. The zero-order chi connectivity index (χ0) is 28.6. The van der Waals surface area contributed by atoms with Crippen molar-refractivity contribution in [3.8, 4) is 22.6 Å². The summed E-state index contributed by atoms with van der Waals surface area (Å²) in [6.07, 6.45) is -9.29. The molecular weight excluding hydrogens is 532 g/mol. The minimum Gasteiger partial charge on any atom is -0.497 e. The van der Waals surface area contributed by atoms with Crippen LogP contribution in [-0.4, -0.2) is 106 Å². The summed E-state index contributed by atoms with van der Waals surface area (Å²) >= 11 is 0. The Morgan fingerprint density at radius 1 is 1.00 bits per heavy atom. The van der Waals surface area contributed by atoms with E-state index >= 15 is 0 Å². The molecule has 0 spiro atoms. The van der Waals surface area contributed by atoms with Crippen LogP contribution in [0.5, 0.6) is 11.5 Å². The predicted octanol–water partition coefficient (Wildman–Crippen LogP) is -0.888. The fourth-order valence-electron chi connectivity index (χ4n) is 4.65. The number of aliphatic hydroxyl groups is 6. The molecule has 2 aliphatic heterocycles. The number of hydrogen-bond acceptors (Lipinski definition) is 13. The van der Waals surface area contributed by atoms with Crippen LogP contribution in [0.25, 0.3) is 22.1 Å². The monoisotopic (exact) mass is 562 g/mol. The SMILES string of the molecule is COc1ccc(-c2coc3cc(O[C@@H]4O[C@H](CO)[C@@H](O)[C@H](O)[C@H]4O[C@H]4OC[C@](O)(CO)[C@H]4O)ccc3c2=O)cc1. The molecule has 3 heterocycles. The molecule has 2 saturated heterocycles. The minimum absolute atomic E-state index is 0.131. The Labute approximate surface area is 227 Å². The average molecular weight is 563 g/mol. The highest BCUT2D eigenvalue weighted by Gasteiger charge is 2.53. The van der Waals surface area contributed by atoms with Gasteiger partial charge in [0.15, 0.2) is 17.8 Å². The molecule has 8 atom stereocenters. The Bertz CT molecular complexity index is 1380. The van der Waals surface area contributed by atoms with Crippen molar-refractivity contribution in [3.05, 3.63) is 59.0 Å². The Kier molecular flexibility index (Phi) is 8.10. The molecule has 1 aromatic heterocycles. The maximum Gasteiger partial charge on any atom is 0.229 e. The molecule has 216 valence electrons. The van der Waals surface area contributed by atoms with Crippen molar-refractivity contribution in [3.63, 3.8) is 0 Å². The minimum atomic E-state index is -1.99. The van der Waals surface area contributed by atoms with E-state index in [0.29, 0.717) is 16.9 Å². The zero-order valence-corrected chi connectivity index (χ0v) is 21.3. The van der Waals surface area contributed by atoms with E-state index in [9.17, 15) is 35.4 Å². The predicted molar refractivity (Wildman–Crippen MR) is 136 cm³/mol. The van der Waals surface area contributed by atoms with Crippen LogP contribution in [0.3, 0.4) is 0 Å². The average Bonchev–Trinajstić information content (AvgIpc) is 3.26. The molecule has 0 unspecified atom stereocenters. The van der Waals surface area contributed by atoms with E-state index in [0.717, 1.165) is 0 Å². The van der Waals surface area contributed by atoms with E-state index < -0.39 is 68.5 Å². The van der Waals surface area contributed by atoms with Gasteiger partial charge >= 0.3 is 0 Å².